The molecule has 1 heterocycles. The Hall–Kier alpha value is -2.11. The third kappa shape index (κ3) is 2.69. The molecule has 0 bridgehead atoms. The molecule has 0 radical (unpaired) electrons. The van der Waals surface area contributed by atoms with Gasteiger partial charge in [-0.05, 0) is 11.6 Å². The number of carbonyl (C=O) groups excluding carboxylic acids is 1. The summed E-state index contributed by atoms with van der Waals surface area (Å²) in [7, 11) is 2.59. The highest BCUT2D eigenvalue weighted by Gasteiger charge is 2.15. The third-order valence-electron chi connectivity index (χ3n) is 1.86. The fourth-order valence-electron chi connectivity index (χ4n) is 1.19. The quantitative estimate of drug-likeness (QED) is 0.751. The predicted molar refractivity (Wildman–Crippen MR) is 53.5 cm³/mol. The van der Waals surface area contributed by atoms with E-state index in [9.17, 15) is 9.59 Å². The zero-order chi connectivity index (χ0) is 12.1. The number of esters is 1. The molecular formula is C10H11NO5. The molecule has 0 saturated carbocycles. The lowest BCUT2D eigenvalue weighted by Gasteiger charge is -2.06. The van der Waals surface area contributed by atoms with Gasteiger partial charge in [-0.2, -0.15) is 0 Å². The van der Waals surface area contributed by atoms with E-state index in [0.29, 0.717) is 5.56 Å². The van der Waals surface area contributed by atoms with Gasteiger partial charge in [-0.3, -0.25) is 4.79 Å². The number of methoxy groups -OCH3 is 2. The molecule has 1 aromatic rings. The second-order valence-corrected chi connectivity index (χ2v) is 2.96. The molecule has 0 atom stereocenters. The Kier molecular flexibility index (Phi) is 3.82. The summed E-state index contributed by atoms with van der Waals surface area (Å²) in [6, 6.07) is 1.39. The minimum atomic E-state index is -0.997. The number of ether oxygens (including phenoxy) is 2. The zero-order valence-electron chi connectivity index (χ0n) is 8.89. The van der Waals surface area contributed by atoms with Crippen LogP contribution in [0.4, 0.5) is 0 Å². The molecule has 0 unspecified atom stereocenters. The molecule has 0 aromatic carbocycles. The Morgan fingerprint density at radius 3 is 2.62 bits per heavy atom. The first-order valence-corrected chi connectivity index (χ1v) is 4.41. The summed E-state index contributed by atoms with van der Waals surface area (Å²) in [6.07, 6.45) is 1.14. The van der Waals surface area contributed by atoms with Crippen molar-refractivity contribution < 1.29 is 24.2 Å². The highest BCUT2D eigenvalue weighted by Crippen LogP contribution is 2.17. The van der Waals surface area contributed by atoms with Crippen LogP contribution in [0.2, 0.25) is 0 Å². The number of carbonyl (C=O) groups is 2. The number of carboxylic acid groups (broad SMARTS) is 1. The number of carboxylic acids is 1. The van der Waals surface area contributed by atoms with E-state index in [2.05, 4.69) is 9.72 Å². The van der Waals surface area contributed by atoms with E-state index in [-0.39, 0.29) is 17.9 Å². The maximum absolute atomic E-state index is 11.3. The van der Waals surface area contributed by atoms with E-state index in [1.165, 1.54) is 26.5 Å². The normalized spacial score (nSPS) is 9.62. The Bertz CT molecular complexity index is 416. The number of hydrogen-bond donors (Lipinski definition) is 1. The molecule has 0 aliphatic heterocycles. The first kappa shape index (κ1) is 12.0. The molecule has 6 nitrogen and oxygen atoms in total. The van der Waals surface area contributed by atoms with Gasteiger partial charge >= 0.3 is 11.9 Å². The Morgan fingerprint density at radius 1 is 1.44 bits per heavy atom. The third-order valence-corrected chi connectivity index (χ3v) is 1.86. The first-order chi connectivity index (χ1) is 7.58. The predicted octanol–water partition coefficient (Wildman–Crippen LogP) is 0.504. The molecule has 1 rings (SSSR count). The van der Waals surface area contributed by atoms with Gasteiger partial charge in [-0.25, -0.2) is 9.78 Å². The first-order valence-electron chi connectivity index (χ1n) is 4.41. The summed E-state index contributed by atoms with van der Waals surface area (Å²) in [5, 5.41) is 8.60. The number of pyridine rings is 1. The minimum Gasteiger partial charge on any atom is -0.481 e. The maximum atomic E-state index is 11.3. The van der Waals surface area contributed by atoms with E-state index >= 15 is 0 Å². The number of rotatable bonds is 4. The molecule has 86 valence electrons. The average molecular weight is 225 g/mol. The highest BCUT2D eigenvalue weighted by molar-refractivity contribution is 5.92. The zero-order valence-corrected chi connectivity index (χ0v) is 8.89. The van der Waals surface area contributed by atoms with E-state index in [1.54, 1.807) is 0 Å². The number of aliphatic carboxylic acids is 1. The van der Waals surface area contributed by atoms with E-state index in [0.717, 1.165) is 0 Å². The van der Waals surface area contributed by atoms with Gasteiger partial charge in [0.25, 0.3) is 0 Å². The van der Waals surface area contributed by atoms with Gasteiger partial charge in [0.15, 0.2) is 0 Å². The molecule has 0 fully saturated rings. The lowest BCUT2D eigenvalue weighted by Crippen LogP contribution is -2.08. The van der Waals surface area contributed by atoms with Crippen LogP contribution in [0.5, 0.6) is 5.88 Å². The Morgan fingerprint density at radius 2 is 2.12 bits per heavy atom. The van der Waals surface area contributed by atoms with Crippen molar-refractivity contribution >= 4 is 11.9 Å². The second kappa shape index (κ2) is 5.11. The second-order valence-electron chi connectivity index (χ2n) is 2.96. The monoisotopic (exact) mass is 225 g/mol. The number of hydrogen-bond acceptors (Lipinski definition) is 5. The fraction of sp³-hybridized carbons (Fsp3) is 0.300. The Balaban J connectivity index is 3.10. The summed E-state index contributed by atoms with van der Waals surface area (Å²) >= 11 is 0. The van der Waals surface area contributed by atoms with Crippen LogP contribution in [0.1, 0.15) is 15.9 Å². The van der Waals surface area contributed by atoms with Crippen molar-refractivity contribution in [3.63, 3.8) is 0 Å². The van der Waals surface area contributed by atoms with Gasteiger partial charge < -0.3 is 14.6 Å². The van der Waals surface area contributed by atoms with Gasteiger partial charge in [-0.1, -0.05) is 0 Å². The van der Waals surface area contributed by atoms with Gasteiger partial charge in [0.1, 0.15) is 5.56 Å². The van der Waals surface area contributed by atoms with Gasteiger partial charge in [0.05, 0.1) is 20.6 Å². The topological polar surface area (TPSA) is 85.7 Å². The van der Waals surface area contributed by atoms with Crippen LogP contribution >= 0.6 is 0 Å². The highest BCUT2D eigenvalue weighted by atomic mass is 16.5. The fourth-order valence-corrected chi connectivity index (χ4v) is 1.19. The van der Waals surface area contributed by atoms with E-state index < -0.39 is 11.9 Å². The molecule has 0 saturated heterocycles. The summed E-state index contributed by atoms with van der Waals surface area (Å²) in [6.45, 7) is 0. The molecule has 1 aromatic heterocycles. The maximum Gasteiger partial charge on any atom is 0.343 e. The smallest absolute Gasteiger partial charge is 0.343 e. The van der Waals surface area contributed by atoms with Crippen molar-refractivity contribution in [2.75, 3.05) is 14.2 Å². The van der Waals surface area contributed by atoms with Crippen LogP contribution in [-0.4, -0.2) is 36.2 Å². The average Bonchev–Trinajstić information content (AvgIpc) is 2.27. The summed E-state index contributed by atoms with van der Waals surface area (Å²) < 4.78 is 9.40. The summed E-state index contributed by atoms with van der Waals surface area (Å²) in [5.74, 6) is -1.50. The van der Waals surface area contributed by atoms with Crippen molar-refractivity contribution in [2.45, 2.75) is 6.42 Å². The molecule has 0 aliphatic carbocycles. The molecule has 1 N–H and O–H groups in total. The molecule has 6 heteroatoms. The van der Waals surface area contributed by atoms with Gasteiger partial charge in [0, 0.05) is 6.20 Å². The van der Waals surface area contributed by atoms with Crippen LogP contribution in [0.3, 0.4) is 0 Å². The van der Waals surface area contributed by atoms with Crippen LogP contribution in [0, 0.1) is 0 Å². The minimum absolute atomic E-state index is 0.112. The summed E-state index contributed by atoms with van der Waals surface area (Å²) in [5.41, 5.74) is 0.525. The van der Waals surface area contributed by atoms with Crippen molar-refractivity contribution in [3.05, 3.63) is 23.4 Å². The van der Waals surface area contributed by atoms with Crippen LogP contribution < -0.4 is 4.74 Å². The van der Waals surface area contributed by atoms with Crippen LogP contribution in [0.15, 0.2) is 12.3 Å². The molecule has 0 spiro atoms. The Labute approximate surface area is 91.8 Å². The molecule has 0 aliphatic rings. The lowest BCUT2D eigenvalue weighted by molar-refractivity contribution is -0.136. The van der Waals surface area contributed by atoms with Crippen molar-refractivity contribution in [3.8, 4) is 5.88 Å². The summed E-state index contributed by atoms with van der Waals surface area (Å²) in [4.78, 5) is 25.7. The number of aromatic nitrogens is 1. The SMILES string of the molecule is COC(=O)c1cc(CC(=O)O)cnc1OC. The van der Waals surface area contributed by atoms with E-state index in [4.69, 9.17) is 9.84 Å². The van der Waals surface area contributed by atoms with Gasteiger partial charge in [0.2, 0.25) is 5.88 Å². The molecular weight excluding hydrogens is 214 g/mol. The standard InChI is InChI=1S/C10H11NO5/c1-15-9-7(10(14)16-2)3-6(5-11-9)4-8(12)13/h3,5H,4H2,1-2H3,(H,12,13). The van der Waals surface area contributed by atoms with Gasteiger partial charge in [-0.15, -0.1) is 0 Å². The molecule has 0 amide bonds. The van der Waals surface area contributed by atoms with Crippen LogP contribution in [0.25, 0.3) is 0 Å². The van der Waals surface area contributed by atoms with Crippen molar-refractivity contribution in [1.82, 2.24) is 4.98 Å². The number of nitrogens with zero attached hydrogens (tertiary/aromatic N) is 1. The largest absolute Gasteiger partial charge is 0.481 e. The molecule has 16 heavy (non-hydrogen) atoms. The van der Waals surface area contributed by atoms with E-state index in [1.807, 2.05) is 0 Å². The van der Waals surface area contributed by atoms with Crippen LogP contribution in [-0.2, 0) is 16.0 Å². The van der Waals surface area contributed by atoms with Crippen molar-refractivity contribution in [1.29, 1.82) is 0 Å². The lowest BCUT2D eigenvalue weighted by atomic mass is 10.1. The van der Waals surface area contributed by atoms with Crippen molar-refractivity contribution in [2.24, 2.45) is 0 Å².